The summed E-state index contributed by atoms with van der Waals surface area (Å²) in [5.41, 5.74) is 6.66. The number of unbranched alkanes of at least 4 members (excludes halogenated alkanes) is 4. The predicted molar refractivity (Wildman–Crippen MR) is 121 cm³/mol. The summed E-state index contributed by atoms with van der Waals surface area (Å²) in [6.07, 6.45) is -4.18. The summed E-state index contributed by atoms with van der Waals surface area (Å²) >= 11 is 0. The maximum Gasteiger partial charge on any atom is 0.416 e. The summed E-state index contributed by atoms with van der Waals surface area (Å²) in [6.45, 7) is 2.31. The third-order valence-electron chi connectivity index (χ3n) is 5.24. The van der Waals surface area contributed by atoms with Crippen LogP contribution in [0.3, 0.4) is 0 Å². The summed E-state index contributed by atoms with van der Waals surface area (Å²) in [7, 11) is 0. The van der Waals surface area contributed by atoms with E-state index in [4.69, 9.17) is 5.73 Å². The van der Waals surface area contributed by atoms with Crippen molar-refractivity contribution >= 4 is 23.0 Å². The van der Waals surface area contributed by atoms with Crippen molar-refractivity contribution in [1.29, 1.82) is 0 Å². The maximum absolute atomic E-state index is 14.2. The number of anilines is 3. The highest BCUT2D eigenvalue weighted by Gasteiger charge is 2.30. The molecule has 2 aromatic rings. The first-order valence-electron chi connectivity index (χ1n) is 11.0. The fraction of sp³-hybridized carbons (Fsp3) is 0.458. The van der Waals surface area contributed by atoms with Crippen molar-refractivity contribution in [2.45, 2.75) is 70.5 Å². The Kier molecular flexibility index (Phi) is 9.94. The lowest BCUT2D eigenvalue weighted by molar-refractivity contribution is -0.137. The highest BCUT2D eigenvalue weighted by molar-refractivity contribution is 5.97. The lowest BCUT2D eigenvalue weighted by atomic mass is 10.1. The van der Waals surface area contributed by atoms with E-state index in [1.54, 1.807) is 6.07 Å². The Balaban J connectivity index is 1.86. The van der Waals surface area contributed by atoms with Crippen molar-refractivity contribution in [2.75, 3.05) is 16.4 Å². The van der Waals surface area contributed by atoms with Crippen molar-refractivity contribution in [3.8, 4) is 0 Å². The average molecular weight is 472 g/mol. The van der Waals surface area contributed by atoms with E-state index in [1.807, 2.05) is 0 Å². The van der Waals surface area contributed by atoms with Crippen LogP contribution >= 0.6 is 0 Å². The van der Waals surface area contributed by atoms with Crippen LogP contribution in [-0.4, -0.2) is 18.3 Å². The van der Waals surface area contributed by atoms with E-state index in [0.29, 0.717) is 17.7 Å². The SMILES string of the molecule is CCCCCCC[C@H](F)[C@@H](F)C(=O)Nc1ccc(NCc2ccc(C(F)(F)F)cc2)cc1N. The van der Waals surface area contributed by atoms with Crippen LogP contribution in [0.2, 0.25) is 0 Å². The number of carbonyl (C=O) groups is 1. The molecule has 0 saturated carbocycles. The second kappa shape index (κ2) is 12.4. The van der Waals surface area contributed by atoms with Crippen LogP contribution in [0.25, 0.3) is 0 Å². The van der Waals surface area contributed by atoms with Gasteiger partial charge in [0.05, 0.1) is 16.9 Å². The normalized spacial score (nSPS) is 13.4. The van der Waals surface area contributed by atoms with Gasteiger partial charge in [0, 0.05) is 12.2 Å². The smallest absolute Gasteiger partial charge is 0.397 e. The fourth-order valence-corrected chi connectivity index (χ4v) is 3.26. The zero-order valence-electron chi connectivity index (χ0n) is 18.5. The maximum atomic E-state index is 14.2. The first-order valence-corrected chi connectivity index (χ1v) is 11.0. The molecule has 4 N–H and O–H groups in total. The van der Waals surface area contributed by atoms with Gasteiger partial charge in [-0.1, -0.05) is 51.2 Å². The van der Waals surface area contributed by atoms with Gasteiger partial charge in [-0.2, -0.15) is 13.2 Å². The number of hydrogen-bond donors (Lipinski definition) is 3. The van der Waals surface area contributed by atoms with E-state index in [0.717, 1.165) is 37.8 Å². The van der Waals surface area contributed by atoms with Crippen molar-refractivity contribution in [3.63, 3.8) is 0 Å². The third kappa shape index (κ3) is 8.55. The molecule has 0 unspecified atom stereocenters. The molecule has 9 heteroatoms. The number of alkyl halides is 5. The molecule has 0 aliphatic heterocycles. The molecule has 0 bridgehead atoms. The van der Waals surface area contributed by atoms with E-state index in [9.17, 15) is 26.7 Å². The first-order chi connectivity index (χ1) is 15.6. The lowest BCUT2D eigenvalue weighted by Gasteiger charge is -2.16. The zero-order chi connectivity index (χ0) is 24.4. The molecular formula is C24H30F5N3O. The van der Waals surface area contributed by atoms with E-state index in [-0.39, 0.29) is 24.3 Å². The first kappa shape index (κ1) is 26.4. The van der Waals surface area contributed by atoms with Crippen molar-refractivity contribution in [3.05, 3.63) is 53.6 Å². The van der Waals surface area contributed by atoms with Gasteiger partial charge in [0.15, 0.2) is 0 Å². The Labute approximate surface area is 190 Å². The molecule has 0 radical (unpaired) electrons. The quantitative estimate of drug-likeness (QED) is 0.180. The molecule has 0 aliphatic carbocycles. The Morgan fingerprint density at radius 3 is 2.27 bits per heavy atom. The van der Waals surface area contributed by atoms with Crippen molar-refractivity contribution < 1.29 is 26.7 Å². The summed E-state index contributed by atoms with van der Waals surface area (Å²) in [5, 5.41) is 5.32. The number of nitrogens with two attached hydrogens (primary N) is 1. The molecule has 0 heterocycles. The van der Waals surface area contributed by atoms with Gasteiger partial charge in [-0.25, -0.2) is 8.78 Å². The number of nitrogens with one attached hydrogen (secondary N) is 2. The highest BCUT2D eigenvalue weighted by Crippen LogP contribution is 2.29. The van der Waals surface area contributed by atoms with Gasteiger partial charge in [0.1, 0.15) is 6.17 Å². The summed E-state index contributed by atoms with van der Waals surface area (Å²) in [6, 6.07) is 9.25. The average Bonchev–Trinajstić information content (AvgIpc) is 2.78. The fourth-order valence-electron chi connectivity index (χ4n) is 3.26. The lowest BCUT2D eigenvalue weighted by Crippen LogP contribution is -2.32. The molecule has 2 atom stereocenters. The molecule has 0 aliphatic rings. The molecule has 1 amide bonds. The van der Waals surface area contributed by atoms with E-state index >= 15 is 0 Å². The third-order valence-corrected chi connectivity index (χ3v) is 5.24. The second-order valence-electron chi connectivity index (χ2n) is 7.96. The van der Waals surface area contributed by atoms with Crippen molar-refractivity contribution in [2.24, 2.45) is 0 Å². The Hall–Kier alpha value is -2.84. The Bertz CT molecular complexity index is 887. The van der Waals surface area contributed by atoms with E-state index < -0.39 is 30.0 Å². The van der Waals surface area contributed by atoms with Gasteiger partial charge in [0.25, 0.3) is 5.91 Å². The minimum atomic E-state index is -4.39. The van der Waals surface area contributed by atoms with E-state index in [1.165, 1.54) is 24.3 Å². The standard InChI is InChI=1S/C24H30F5N3O/c1-2-3-4-5-6-7-19(25)22(26)23(33)32-21-13-12-18(14-20(21)30)31-15-16-8-10-17(11-9-16)24(27,28)29/h8-14,19,22,31H,2-7,15,30H2,1H3,(H,32,33)/t19-,22+/m0/s1. The summed E-state index contributed by atoms with van der Waals surface area (Å²) in [5.74, 6) is -1.09. The number of nitrogen functional groups attached to an aromatic ring is 1. The van der Waals surface area contributed by atoms with Gasteiger partial charge >= 0.3 is 6.18 Å². The van der Waals surface area contributed by atoms with Crippen LogP contribution in [0.4, 0.5) is 39.0 Å². The molecule has 0 fully saturated rings. The van der Waals surface area contributed by atoms with Crippen molar-refractivity contribution in [1.82, 2.24) is 0 Å². The number of amides is 1. The summed E-state index contributed by atoms with van der Waals surface area (Å²) < 4.78 is 66.1. The molecule has 4 nitrogen and oxygen atoms in total. The van der Waals surface area contributed by atoms with Gasteiger partial charge in [0.2, 0.25) is 6.17 Å². The molecule has 2 rings (SSSR count). The topological polar surface area (TPSA) is 67.2 Å². The van der Waals surface area contributed by atoms with Gasteiger partial charge in [-0.15, -0.1) is 0 Å². The Morgan fingerprint density at radius 1 is 1.00 bits per heavy atom. The van der Waals surface area contributed by atoms with E-state index in [2.05, 4.69) is 17.6 Å². The van der Waals surface area contributed by atoms with Crippen LogP contribution in [-0.2, 0) is 17.5 Å². The predicted octanol–water partition coefficient (Wildman–Crippen LogP) is 6.87. The monoisotopic (exact) mass is 471 g/mol. The minimum absolute atomic E-state index is 0.0133. The number of benzene rings is 2. The van der Waals surface area contributed by atoms with Gasteiger partial charge in [-0.3, -0.25) is 4.79 Å². The highest BCUT2D eigenvalue weighted by atomic mass is 19.4. The molecule has 182 valence electrons. The van der Waals surface area contributed by atoms with Gasteiger partial charge in [-0.05, 0) is 42.3 Å². The second-order valence-corrected chi connectivity index (χ2v) is 7.96. The zero-order valence-corrected chi connectivity index (χ0v) is 18.5. The van der Waals surface area contributed by atoms with Crippen LogP contribution < -0.4 is 16.4 Å². The molecule has 33 heavy (non-hydrogen) atoms. The number of carbonyl (C=O) groups excluding carboxylic acids is 1. The van der Waals surface area contributed by atoms with Crippen LogP contribution in [0.5, 0.6) is 0 Å². The van der Waals surface area contributed by atoms with Crippen LogP contribution in [0.15, 0.2) is 42.5 Å². The van der Waals surface area contributed by atoms with Crippen LogP contribution in [0.1, 0.15) is 56.6 Å². The number of halogens is 5. The summed E-state index contributed by atoms with van der Waals surface area (Å²) in [4.78, 5) is 12.1. The Morgan fingerprint density at radius 2 is 1.67 bits per heavy atom. The number of rotatable bonds is 12. The molecular weight excluding hydrogens is 441 g/mol. The molecule has 0 spiro atoms. The largest absolute Gasteiger partial charge is 0.416 e. The number of hydrogen-bond acceptors (Lipinski definition) is 3. The molecule has 2 aromatic carbocycles. The molecule has 0 saturated heterocycles. The minimum Gasteiger partial charge on any atom is -0.397 e. The van der Waals surface area contributed by atoms with Crippen LogP contribution in [0, 0.1) is 0 Å². The molecule has 0 aromatic heterocycles. The van der Waals surface area contributed by atoms with Gasteiger partial charge < -0.3 is 16.4 Å².